The fraction of sp³-hybridized carbons (Fsp3) is 0.471. The minimum atomic E-state index is -0.366. The van der Waals surface area contributed by atoms with E-state index in [4.69, 9.17) is 9.84 Å². The van der Waals surface area contributed by atoms with Crippen molar-refractivity contribution >= 4 is 12.0 Å². The van der Waals surface area contributed by atoms with E-state index in [2.05, 4.69) is 5.32 Å². The Labute approximate surface area is 126 Å². The molecule has 0 saturated heterocycles. The van der Waals surface area contributed by atoms with Crippen LogP contribution >= 0.6 is 0 Å². The third-order valence-corrected chi connectivity index (χ3v) is 3.49. The van der Waals surface area contributed by atoms with Crippen LogP contribution in [0.3, 0.4) is 0 Å². The van der Waals surface area contributed by atoms with Gasteiger partial charge in [-0.15, -0.1) is 0 Å². The van der Waals surface area contributed by atoms with Gasteiger partial charge >= 0.3 is 0 Å². The van der Waals surface area contributed by atoms with Crippen molar-refractivity contribution in [3.63, 3.8) is 0 Å². The van der Waals surface area contributed by atoms with Crippen LogP contribution < -0.4 is 10.1 Å². The number of amides is 1. The van der Waals surface area contributed by atoms with Gasteiger partial charge in [-0.3, -0.25) is 4.79 Å². The van der Waals surface area contributed by atoms with E-state index in [-0.39, 0.29) is 18.1 Å². The molecule has 1 aromatic rings. The minimum absolute atomic E-state index is 0.0627. The summed E-state index contributed by atoms with van der Waals surface area (Å²) in [6.45, 7) is 6.57. The van der Waals surface area contributed by atoms with E-state index in [9.17, 15) is 4.79 Å². The Hall–Kier alpha value is -1.81. The average molecular weight is 291 g/mol. The van der Waals surface area contributed by atoms with Gasteiger partial charge in [0.05, 0.1) is 6.61 Å². The van der Waals surface area contributed by atoms with Crippen molar-refractivity contribution in [2.24, 2.45) is 0 Å². The van der Waals surface area contributed by atoms with Crippen LogP contribution in [0, 0.1) is 0 Å². The summed E-state index contributed by atoms with van der Waals surface area (Å²) in [5.74, 6) is 0.669. The molecular formula is C17H25NO3. The van der Waals surface area contributed by atoms with Crippen molar-refractivity contribution in [3.05, 3.63) is 35.9 Å². The lowest BCUT2D eigenvalue weighted by molar-refractivity contribution is -0.118. The zero-order chi connectivity index (χ0) is 15.7. The lowest BCUT2D eigenvalue weighted by Gasteiger charge is -2.28. The Morgan fingerprint density at radius 3 is 2.52 bits per heavy atom. The van der Waals surface area contributed by atoms with Gasteiger partial charge in [-0.1, -0.05) is 19.1 Å². The van der Waals surface area contributed by atoms with Crippen molar-refractivity contribution < 1.29 is 14.6 Å². The van der Waals surface area contributed by atoms with Crippen LogP contribution in [0.2, 0.25) is 0 Å². The Morgan fingerprint density at radius 2 is 2.00 bits per heavy atom. The van der Waals surface area contributed by atoms with Gasteiger partial charge in [0.25, 0.3) is 0 Å². The topological polar surface area (TPSA) is 58.6 Å². The SMILES string of the molecule is CCOc1ccc(/C=C/C(=O)NC(C)(CC)CCO)cc1. The molecule has 0 bridgehead atoms. The van der Waals surface area contributed by atoms with Crippen molar-refractivity contribution in [1.29, 1.82) is 0 Å². The number of hydrogen-bond donors (Lipinski definition) is 2. The van der Waals surface area contributed by atoms with Crippen molar-refractivity contribution in [1.82, 2.24) is 5.32 Å². The maximum Gasteiger partial charge on any atom is 0.244 e. The smallest absolute Gasteiger partial charge is 0.244 e. The van der Waals surface area contributed by atoms with E-state index in [1.807, 2.05) is 45.0 Å². The number of ether oxygens (including phenoxy) is 1. The number of carbonyl (C=O) groups is 1. The van der Waals surface area contributed by atoms with Gasteiger partial charge < -0.3 is 15.2 Å². The number of aliphatic hydroxyl groups is 1. The monoisotopic (exact) mass is 291 g/mol. The maximum absolute atomic E-state index is 11.9. The Morgan fingerprint density at radius 1 is 1.33 bits per heavy atom. The predicted octanol–water partition coefficient (Wildman–Crippen LogP) is 2.77. The molecule has 1 rings (SSSR count). The zero-order valence-corrected chi connectivity index (χ0v) is 13.1. The summed E-state index contributed by atoms with van der Waals surface area (Å²) in [7, 11) is 0. The van der Waals surface area contributed by atoms with Crippen molar-refractivity contribution in [3.8, 4) is 5.75 Å². The molecule has 0 fully saturated rings. The molecule has 1 unspecified atom stereocenters. The first-order valence-corrected chi connectivity index (χ1v) is 7.37. The summed E-state index contributed by atoms with van der Waals surface area (Å²) in [6.07, 6.45) is 4.60. The Balaban J connectivity index is 2.60. The van der Waals surface area contributed by atoms with Crippen LogP contribution in [0.1, 0.15) is 39.2 Å². The van der Waals surface area contributed by atoms with Gasteiger partial charge in [0.2, 0.25) is 5.91 Å². The minimum Gasteiger partial charge on any atom is -0.494 e. The molecule has 4 heteroatoms. The van der Waals surface area contributed by atoms with Crippen molar-refractivity contribution in [2.75, 3.05) is 13.2 Å². The second-order valence-corrected chi connectivity index (χ2v) is 5.21. The quantitative estimate of drug-likeness (QED) is 0.724. The molecule has 1 aromatic carbocycles. The standard InChI is InChI=1S/C17H25NO3/c1-4-17(3,12-13-19)18-16(20)11-8-14-6-9-15(10-7-14)21-5-2/h6-11,19H,4-5,12-13H2,1-3H3,(H,18,20)/b11-8+. The van der Waals surface area contributed by atoms with Gasteiger partial charge in [-0.05, 0) is 50.5 Å². The average Bonchev–Trinajstić information content (AvgIpc) is 2.47. The van der Waals surface area contributed by atoms with Crippen LogP contribution in [-0.2, 0) is 4.79 Å². The lowest BCUT2D eigenvalue weighted by Crippen LogP contribution is -2.45. The largest absolute Gasteiger partial charge is 0.494 e. The summed E-state index contributed by atoms with van der Waals surface area (Å²) in [4.78, 5) is 11.9. The van der Waals surface area contributed by atoms with E-state index in [1.54, 1.807) is 6.08 Å². The molecule has 0 radical (unpaired) electrons. The molecule has 0 aromatic heterocycles. The summed E-state index contributed by atoms with van der Waals surface area (Å²) >= 11 is 0. The summed E-state index contributed by atoms with van der Waals surface area (Å²) < 4.78 is 5.37. The molecule has 0 aliphatic rings. The van der Waals surface area contributed by atoms with Crippen LogP contribution in [0.25, 0.3) is 6.08 Å². The Kier molecular flexibility index (Phi) is 6.96. The fourth-order valence-electron chi connectivity index (χ4n) is 1.93. The van der Waals surface area contributed by atoms with Gasteiger partial charge in [0.15, 0.2) is 0 Å². The van der Waals surface area contributed by atoms with Gasteiger partial charge in [-0.25, -0.2) is 0 Å². The zero-order valence-electron chi connectivity index (χ0n) is 13.1. The third kappa shape index (κ3) is 6.00. The second kappa shape index (κ2) is 8.47. The van der Waals surface area contributed by atoms with E-state index < -0.39 is 0 Å². The van der Waals surface area contributed by atoms with E-state index in [1.165, 1.54) is 6.08 Å². The molecule has 21 heavy (non-hydrogen) atoms. The fourth-order valence-corrected chi connectivity index (χ4v) is 1.93. The first-order chi connectivity index (χ1) is 10.0. The van der Waals surface area contributed by atoms with Crippen LogP contribution in [-0.4, -0.2) is 29.8 Å². The molecular weight excluding hydrogens is 266 g/mol. The molecule has 2 N–H and O–H groups in total. The third-order valence-electron chi connectivity index (χ3n) is 3.49. The highest BCUT2D eigenvalue weighted by Crippen LogP contribution is 2.15. The first kappa shape index (κ1) is 17.2. The molecule has 0 aliphatic carbocycles. The molecule has 4 nitrogen and oxygen atoms in total. The van der Waals surface area contributed by atoms with Crippen molar-refractivity contribution in [2.45, 2.75) is 39.2 Å². The highest BCUT2D eigenvalue weighted by molar-refractivity contribution is 5.92. The van der Waals surface area contributed by atoms with E-state index in [0.29, 0.717) is 13.0 Å². The summed E-state index contributed by atoms with van der Waals surface area (Å²) in [6, 6.07) is 7.56. The van der Waals surface area contributed by atoms with Crippen LogP contribution in [0.4, 0.5) is 0 Å². The van der Waals surface area contributed by atoms with Crippen LogP contribution in [0.15, 0.2) is 30.3 Å². The predicted molar refractivity (Wildman–Crippen MR) is 85.2 cm³/mol. The highest BCUT2D eigenvalue weighted by Gasteiger charge is 2.22. The van der Waals surface area contributed by atoms with E-state index >= 15 is 0 Å². The normalized spacial score (nSPS) is 13.9. The first-order valence-electron chi connectivity index (χ1n) is 7.37. The molecule has 1 amide bonds. The lowest BCUT2D eigenvalue weighted by atomic mass is 9.95. The molecule has 116 valence electrons. The number of benzene rings is 1. The summed E-state index contributed by atoms with van der Waals surface area (Å²) in [5, 5.41) is 12.0. The number of carbonyl (C=O) groups excluding carboxylic acids is 1. The van der Waals surface area contributed by atoms with Gasteiger partial charge in [-0.2, -0.15) is 0 Å². The summed E-state index contributed by atoms with van der Waals surface area (Å²) in [5.41, 5.74) is 0.573. The number of rotatable bonds is 8. The highest BCUT2D eigenvalue weighted by atomic mass is 16.5. The van der Waals surface area contributed by atoms with Crippen LogP contribution in [0.5, 0.6) is 5.75 Å². The second-order valence-electron chi connectivity index (χ2n) is 5.21. The molecule has 1 atom stereocenters. The van der Waals surface area contributed by atoms with Gasteiger partial charge in [0, 0.05) is 18.2 Å². The number of hydrogen-bond acceptors (Lipinski definition) is 3. The van der Waals surface area contributed by atoms with E-state index in [0.717, 1.165) is 17.7 Å². The number of nitrogens with one attached hydrogen (secondary N) is 1. The molecule has 0 spiro atoms. The molecule has 0 saturated carbocycles. The molecule has 0 aliphatic heterocycles. The number of aliphatic hydroxyl groups excluding tert-OH is 1. The molecule has 0 heterocycles. The maximum atomic E-state index is 11.9. The Bertz CT molecular complexity index is 467. The van der Waals surface area contributed by atoms with Gasteiger partial charge in [0.1, 0.15) is 5.75 Å².